The van der Waals surface area contributed by atoms with Gasteiger partial charge in [-0.15, -0.1) is 0 Å². The number of Topliss-reactive ketones (excluding diaryl/α,β-unsaturated/α-hetero) is 1. The Kier molecular flexibility index (Phi) is 12.3. The van der Waals surface area contributed by atoms with Gasteiger partial charge in [-0.25, -0.2) is 0 Å². The topological polar surface area (TPSA) is 75.8 Å². The van der Waals surface area contributed by atoms with E-state index in [4.69, 9.17) is 27.5 Å². The summed E-state index contributed by atoms with van der Waals surface area (Å²) < 4.78 is 38.3. The first-order valence-corrected chi connectivity index (χ1v) is 26.1. The van der Waals surface area contributed by atoms with Gasteiger partial charge in [0, 0.05) is 29.9 Å². The summed E-state index contributed by atoms with van der Waals surface area (Å²) >= 11 is 0. The lowest BCUT2D eigenvalue weighted by Crippen LogP contribution is -2.58. The smallest absolute Gasteiger partial charge is 0.184 e. The van der Waals surface area contributed by atoms with Crippen molar-refractivity contribution in [3.63, 3.8) is 0 Å². The van der Waals surface area contributed by atoms with Crippen molar-refractivity contribution in [2.75, 3.05) is 13.7 Å². The van der Waals surface area contributed by atoms with Gasteiger partial charge < -0.3 is 27.5 Å². The summed E-state index contributed by atoms with van der Waals surface area (Å²) in [6, 6.07) is 7.23. The Labute approximate surface area is 264 Å². The Morgan fingerprint density at radius 1 is 0.907 bits per heavy atom. The maximum Gasteiger partial charge on any atom is 0.184 e. The SMILES string of the molecule is C=C(CC(=O)c1ccc(OC)cc1)C[C@@H]1OC[C@H](C[C@@H]2O[C@H]2[C@H](C)[C@H](C)O[Si](C)(C)C)[C@@H](O[Si](C)(C)C)[C@@H]1O[Si](C)(C)C. The molecule has 0 spiro atoms. The fourth-order valence-corrected chi connectivity index (χ4v) is 9.49. The minimum Gasteiger partial charge on any atom is -0.497 e. The van der Waals surface area contributed by atoms with Crippen molar-refractivity contribution in [3.8, 4) is 5.75 Å². The Hall–Kier alpha value is -1.12. The van der Waals surface area contributed by atoms with Crippen molar-refractivity contribution in [1.29, 1.82) is 0 Å². The summed E-state index contributed by atoms with van der Waals surface area (Å²) in [5, 5.41) is 0. The van der Waals surface area contributed by atoms with Crippen LogP contribution in [0.5, 0.6) is 5.75 Å². The van der Waals surface area contributed by atoms with Crippen LogP contribution in [0.4, 0.5) is 0 Å². The van der Waals surface area contributed by atoms with Gasteiger partial charge in [-0.2, -0.15) is 0 Å². The molecule has 2 aliphatic rings. The molecule has 1 aromatic carbocycles. The van der Waals surface area contributed by atoms with Crippen LogP contribution in [-0.4, -0.2) is 81.1 Å². The van der Waals surface area contributed by atoms with Gasteiger partial charge in [0.2, 0.25) is 0 Å². The summed E-state index contributed by atoms with van der Waals surface area (Å²) in [7, 11) is -3.91. The highest BCUT2D eigenvalue weighted by atomic mass is 28.4. The van der Waals surface area contributed by atoms with Crippen molar-refractivity contribution < 1.29 is 32.3 Å². The molecule has 1 aromatic rings. The van der Waals surface area contributed by atoms with Gasteiger partial charge >= 0.3 is 0 Å². The number of hydrogen-bond acceptors (Lipinski definition) is 7. The van der Waals surface area contributed by atoms with E-state index in [9.17, 15) is 4.79 Å². The van der Waals surface area contributed by atoms with E-state index in [1.807, 2.05) is 12.1 Å². The number of benzene rings is 1. The summed E-state index contributed by atoms with van der Waals surface area (Å²) in [6.45, 7) is 29.3. The summed E-state index contributed by atoms with van der Waals surface area (Å²) in [4.78, 5) is 13.0. The first kappa shape index (κ1) is 36.3. The number of rotatable bonds is 16. The molecule has 2 aliphatic heterocycles. The third kappa shape index (κ3) is 11.6. The maximum atomic E-state index is 13.0. The number of hydrogen-bond donors (Lipinski definition) is 0. The highest BCUT2D eigenvalue weighted by molar-refractivity contribution is 6.70. The molecular weight excluding hydrogens is 593 g/mol. The Bertz CT molecular complexity index is 1070. The van der Waals surface area contributed by atoms with Crippen LogP contribution in [-0.2, 0) is 22.8 Å². The first-order valence-electron chi connectivity index (χ1n) is 15.9. The maximum absolute atomic E-state index is 13.0. The molecule has 0 amide bonds. The summed E-state index contributed by atoms with van der Waals surface area (Å²) in [5.41, 5.74) is 1.50. The number of carbonyl (C=O) groups excluding carboxylic acids is 1. The van der Waals surface area contributed by atoms with E-state index in [0.717, 1.165) is 17.7 Å². The predicted octanol–water partition coefficient (Wildman–Crippen LogP) is 7.70. The minimum absolute atomic E-state index is 0.0391. The van der Waals surface area contributed by atoms with Crippen LogP contribution in [0.1, 0.15) is 43.5 Å². The number of methoxy groups -OCH3 is 1. The molecule has 43 heavy (non-hydrogen) atoms. The van der Waals surface area contributed by atoms with Crippen LogP contribution in [0.3, 0.4) is 0 Å². The van der Waals surface area contributed by atoms with Gasteiger partial charge in [0.05, 0.1) is 44.2 Å². The standard InChI is InChI=1S/C33H58O7Si3/c1-22(18-28(34)25-14-16-27(35-4)17-15-25)19-29-33(40-43(11,12)13)32(39-42(8,9)10)26(21-36-29)20-30-31(37-30)23(2)24(3)38-41(5,6)7/h14-17,23-24,26,29-33H,1,18-21H2,2-13H3/t23-,24+,26+,29+,30+,31+,32-,33-/m1/s1. The minimum atomic E-state index is -1.97. The Morgan fingerprint density at radius 3 is 2.02 bits per heavy atom. The van der Waals surface area contributed by atoms with E-state index in [1.165, 1.54) is 0 Å². The van der Waals surface area contributed by atoms with Gasteiger partial charge in [0.1, 0.15) is 5.75 Å². The Morgan fingerprint density at radius 2 is 1.49 bits per heavy atom. The fraction of sp³-hybridized carbons (Fsp3) is 0.727. The predicted molar refractivity (Wildman–Crippen MR) is 182 cm³/mol. The second-order valence-electron chi connectivity index (χ2n) is 15.5. The monoisotopic (exact) mass is 650 g/mol. The van der Waals surface area contributed by atoms with E-state index in [-0.39, 0.29) is 54.7 Å². The van der Waals surface area contributed by atoms with Crippen molar-refractivity contribution in [2.24, 2.45) is 11.8 Å². The van der Waals surface area contributed by atoms with Gasteiger partial charge in [0.25, 0.3) is 0 Å². The number of carbonyl (C=O) groups is 1. The zero-order valence-electron chi connectivity index (χ0n) is 28.8. The molecule has 7 nitrogen and oxygen atoms in total. The van der Waals surface area contributed by atoms with Crippen LogP contribution in [0.25, 0.3) is 0 Å². The zero-order valence-corrected chi connectivity index (χ0v) is 31.8. The molecule has 2 heterocycles. The highest BCUT2D eigenvalue weighted by Gasteiger charge is 2.51. The summed E-state index contributed by atoms with van der Waals surface area (Å²) in [5.74, 6) is 1.25. The summed E-state index contributed by atoms with van der Waals surface area (Å²) in [6.07, 6.45) is 1.67. The molecule has 0 bridgehead atoms. The second-order valence-corrected chi connectivity index (χ2v) is 28.9. The number of epoxide rings is 1. The van der Waals surface area contributed by atoms with E-state index in [0.29, 0.717) is 24.5 Å². The normalized spacial score (nSPS) is 27.8. The third-order valence-corrected chi connectivity index (χ3v) is 11.0. The molecule has 2 fully saturated rings. The molecule has 8 atom stereocenters. The number of ether oxygens (including phenoxy) is 3. The Balaban J connectivity index is 1.73. The van der Waals surface area contributed by atoms with Gasteiger partial charge in [-0.05, 0) is 103 Å². The third-order valence-electron chi connectivity index (χ3n) is 7.93. The van der Waals surface area contributed by atoms with E-state index >= 15 is 0 Å². The average Bonchev–Trinajstić information content (AvgIpc) is 3.63. The van der Waals surface area contributed by atoms with Crippen molar-refractivity contribution in [3.05, 3.63) is 42.0 Å². The van der Waals surface area contributed by atoms with Gasteiger partial charge in [-0.1, -0.05) is 19.1 Å². The molecule has 0 unspecified atom stereocenters. The molecule has 2 saturated heterocycles. The van der Waals surface area contributed by atoms with E-state index in [1.54, 1.807) is 19.2 Å². The van der Waals surface area contributed by atoms with Gasteiger partial charge in [-0.3, -0.25) is 4.79 Å². The van der Waals surface area contributed by atoms with E-state index in [2.05, 4.69) is 79.3 Å². The first-order chi connectivity index (χ1) is 19.8. The average molecular weight is 651 g/mol. The van der Waals surface area contributed by atoms with E-state index < -0.39 is 25.0 Å². The molecule has 10 heteroatoms. The largest absolute Gasteiger partial charge is 0.497 e. The highest BCUT2D eigenvalue weighted by Crippen LogP contribution is 2.41. The molecule has 0 N–H and O–H groups in total. The molecule has 0 aliphatic carbocycles. The van der Waals surface area contributed by atoms with Crippen LogP contribution >= 0.6 is 0 Å². The molecule has 3 rings (SSSR count). The van der Waals surface area contributed by atoms with Crippen LogP contribution in [0.2, 0.25) is 58.9 Å². The zero-order chi connectivity index (χ0) is 32.3. The molecule has 0 aromatic heterocycles. The molecular formula is C33H58O7Si3. The molecule has 0 radical (unpaired) electrons. The van der Waals surface area contributed by atoms with Crippen molar-refractivity contribution >= 4 is 30.7 Å². The van der Waals surface area contributed by atoms with Gasteiger partial charge in [0.15, 0.2) is 30.7 Å². The lowest BCUT2D eigenvalue weighted by molar-refractivity contribution is -0.152. The molecule has 244 valence electrons. The van der Waals surface area contributed by atoms with Crippen molar-refractivity contribution in [1.82, 2.24) is 0 Å². The lowest BCUT2D eigenvalue weighted by Gasteiger charge is -2.47. The van der Waals surface area contributed by atoms with Crippen molar-refractivity contribution in [2.45, 2.75) is 129 Å². The lowest BCUT2D eigenvalue weighted by atomic mass is 9.85. The van der Waals surface area contributed by atoms with Crippen LogP contribution < -0.4 is 4.74 Å². The second kappa shape index (κ2) is 14.5. The number of ketones is 1. The van der Waals surface area contributed by atoms with Crippen LogP contribution in [0, 0.1) is 11.8 Å². The quantitative estimate of drug-likeness (QED) is 0.0785. The van der Waals surface area contributed by atoms with Crippen LogP contribution in [0.15, 0.2) is 36.4 Å². The fourth-order valence-electron chi connectivity index (χ4n) is 5.92. The molecule has 0 saturated carbocycles.